The molecule has 0 spiro atoms. The number of hydrogen-bond donors (Lipinski definition) is 2. The Hall–Kier alpha value is -0.970. The third-order valence-electron chi connectivity index (χ3n) is 4.39. The van der Waals surface area contributed by atoms with Gasteiger partial charge in [-0.1, -0.05) is 6.07 Å². The van der Waals surface area contributed by atoms with Crippen LogP contribution in [0.15, 0.2) is 18.2 Å². The molecule has 4 nitrogen and oxygen atoms in total. The van der Waals surface area contributed by atoms with Crippen LogP contribution in [0.2, 0.25) is 0 Å². The molecule has 0 bridgehead atoms. The first-order chi connectivity index (χ1) is 9.26. The summed E-state index contributed by atoms with van der Waals surface area (Å²) in [6.45, 7) is 4.40. The van der Waals surface area contributed by atoms with Crippen LogP contribution in [0.25, 0.3) is 0 Å². The Morgan fingerprint density at radius 3 is 3.00 bits per heavy atom. The first kappa shape index (κ1) is 15.4. The van der Waals surface area contributed by atoms with Gasteiger partial charge in [-0.3, -0.25) is 4.90 Å². The quantitative estimate of drug-likeness (QED) is 0.896. The maximum atomic E-state index is 9.82. The Balaban J connectivity index is 0.00000147. The van der Waals surface area contributed by atoms with Gasteiger partial charge < -0.3 is 15.2 Å². The normalized spacial score (nSPS) is 25.9. The maximum Gasteiger partial charge on any atom is 0.160 e. The van der Waals surface area contributed by atoms with E-state index in [2.05, 4.69) is 10.2 Å². The number of aromatic hydroxyl groups is 1. The van der Waals surface area contributed by atoms with Crippen LogP contribution >= 0.6 is 12.4 Å². The van der Waals surface area contributed by atoms with Crippen molar-refractivity contribution in [3.8, 4) is 11.5 Å². The zero-order valence-corrected chi connectivity index (χ0v) is 12.7. The summed E-state index contributed by atoms with van der Waals surface area (Å²) >= 11 is 0. The Morgan fingerprint density at radius 1 is 1.40 bits per heavy atom. The Morgan fingerprint density at radius 2 is 2.25 bits per heavy atom. The second kappa shape index (κ2) is 6.66. The molecule has 2 aliphatic rings. The number of likely N-dealkylation sites (tertiary alicyclic amines) is 1. The van der Waals surface area contributed by atoms with Gasteiger partial charge in [-0.25, -0.2) is 0 Å². The van der Waals surface area contributed by atoms with E-state index in [1.54, 1.807) is 7.11 Å². The van der Waals surface area contributed by atoms with Crippen molar-refractivity contribution in [1.29, 1.82) is 0 Å². The predicted molar refractivity (Wildman–Crippen MR) is 81.7 cm³/mol. The van der Waals surface area contributed by atoms with Crippen molar-refractivity contribution >= 4 is 12.4 Å². The minimum atomic E-state index is 0. The number of methoxy groups -OCH3 is 1. The van der Waals surface area contributed by atoms with Crippen molar-refractivity contribution in [3.63, 3.8) is 0 Å². The number of fused-ring (bicyclic) bond motifs is 1. The molecule has 2 fully saturated rings. The number of nitrogens with one attached hydrogen (secondary N) is 1. The Bertz CT molecular complexity index is 455. The molecule has 5 heteroatoms. The summed E-state index contributed by atoms with van der Waals surface area (Å²) in [4.78, 5) is 2.50. The van der Waals surface area contributed by atoms with Gasteiger partial charge >= 0.3 is 0 Å². The average molecular weight is 299 g/mol. The molecule has 0 saturated carbocycles. The van der Waals surface area contributed by atoms with Gasteiger partial charge in [0.15, 0.2) is 11.5 Å². The highest BCUT2D eigenvalue weighted by atomic mass is 35.5. The van der Waals surface area contributed by atoms with E-state index >= 15 is 0 Å². The van der Waals surface area contributed by atoms with Crippen LogP contribution in [-0.4, -0.2) is 42.8 Å². The molecular formula is C15H23ClN2O2. The van der Waals surface area contributed by atoms with E-state index in [4.69, 9.17) is 4.74 Å². The zero-order chi connectivity index (χ0) is 13.2. The van der Waals surface area contributed by atoms with Gasteiger partial charge in [-0.05, 0) is 49.5 Å². The molecule has 0 radical (unpaired) electrons. The van der Waals surface area contributed by atoms with E-state index in [9.17, 15) is 5.11 Å². The molecule has 0 amide bonds. The minimum absolute atomic E-state index is 0. The first-order valence-electron chi connectivity index (χ1n) is 7.08. The van der Waals surface area contributed by atoms with Crippen molar-refractivity contribution in [2.75, 3.05) is 26.7 Å². The van der Waals surface area contributed by atoms with Crippen LogP contribution in [-0.2, 0) is 6.54 Å². The molecule has 2 saturated heterocycles. The molecule has 1 aromatic carbocycles. The molecule has 2 aliphatic heterocycles. The van der Waals surface area contributed by atoms with Gasteiger partial charge in [0.25, 0.3) is 0 Å². The van der Waals surface area contributed by atoms with Crippen LogP contribution in [0.3, 0.4) is 0 Å². The average Bonchev–Trinajstić information content (AvgIpc) is 2.86. The SMILES string of the molecule is COc1ccc(CN2CCC3NCCC3C2)cc1O.Cl. The predicted octanol–water partition coefficient (Wildman–Crippen LogP) is 2.01. The summed E-state index contributed by atoms with van der Waals surface area (Å²) in [7, 11) is 1.58. The highest BCUT2D eigenvalue weighted by Gasteiger charge is 2.32. The summed E-state index contributed by atoms with van der Waals surface area (Å²) in [5, 5.41) is 13.4. The summed E-state index contributed by atoms with van der Waals surface area (Å²) in [6.07, 6.45) is 2.54. The van der Waals surface area contributed by atoms with Crippen molar-refractivity contribution in [3.05, 3.63) is 23.8 Å². The molecule has 2 unspecified atom stereocenters. The molecule has 2 heterocycles. The number of nitrogens with zero attached hydrogens (tertiary/aromatic N) is 1. The molecule has 0 aliphatic carbocycles. The fourth-order valence-corrected chi connectivity index (χ4v) is 3.36. The van der Waals surface area contributed by atoms with E-state index in [0.29, 0.717) is 5.75 Å². The number of phenols is 1. The summed E-state index contributed by atoms with van der Waals surface area (Å²) in [5.41, 5.74) is 1.16. The highest BCUT2D eigenvalue weighted by Crippen LogP contribution is 2.29. The number of phenolic OH excluding ortho intramolecular Hbond substituents is 1. The lowest BCUT2D eigenvalue weighted by atomic mass is 9.93. The molecule has 20 heavy (non-hydrogen) atoms. The second-order valence-electron chi connectivity index (χ2n) is 5.64. The van der Waals surface area contributed by atoms with Gasteiger partial charge in [0.1, 0.15) is 0 Å². The van der Waals surface area contributed by atoms with Gasteiger partial charge in [-0.15, -0.1) is 12.4 Å². The summed E-state index contributed by atoms with van der Waals surface area (Å²) in [5.74, 6) is 1.58. The van der Waals surface area contributed by atoms with Crippen LogP contribution in [0.5, 0.6) is 11.5 Å². The van der Waals surface area contributed by atoms with Crippen molar-refractivity contribution < 1.29 is 9.84 Å². The minimum Gasteiger partial charge on any atom is -0.504 e. The molecule has 112 valence electrons. The van der Waals surface area contributed by atoms with Crippen molar-refractivity contribution in [2.24, 2.45) is 5.92 Å². The Labute approximate surface area is 126 Å². The van der Waals surface area contributed by atoms with Crippen molar-refractivity contribution in [1.82, 2.24) is 10.2 Å². The standard InChI is InChI=1S/C15H22N2O2.ClH/c1-19-15-3-2-11(8-14(15)18)9-17-7-5-13-12(10-17)4-6-16-13;/h2-3,8,12-13,16,18H,4-7,9-10H2,1H3;1H. The van der Waals surface area contributed by atoms with Gasteiger partial charge in [-0.2, -0.15) is 0 Å². The lowest BCUT2D eigenvalue weighted by molar-refractivity contribution is 0.156. The molecule has 2 atom stereocenters. The third kappa shape index (κ3) is 3.19. The fraction of sp³-hybridized carbons (Fsp3) is 0.600. The zero-order valence-electron chi connectivity index (χ0n) is 11.8. The molecule has 3 rings (SSSR count). The molecule has 2 N–H and O–H groups in total. The highest BCUT2D eigenvalue weighted by molar-refractivity contribution is 5.85. The number of halogens is 1. The maximum absolute atomic E-state index is 9.82. The van der Waals surface area contributed by atoms with Gasteiger partial charge in [0, 0.05) is 19.1 Å². The smallest absolute Gasteiger partial charge is 0.160 e. The van der Waals surface area contributed by atoms with Crippen molar-refractivity contribution in [2.45, 2.75) is 25.4 Å². The third-order valence-corrected chi connectivity index (χ3v) is 4.39. The first-order valence-corrected chi connectivity index (χ1v) is 7.08. The van der Waals surface area contributed by atoms with Crippen LogP contribution < -0.4 is 10.1 Å². The van der Waals surface area contributed by atoms with Crippen LogP contribution in [0.4, 0.5) is 0 Å². The van der Waals surface area contributed by atoms with E-state index in [1.807, 2.05) is 18.2 Å². The van der Waals surface area contributed by atoms with Crippen LogP contribution in [0, 0.1) is 5.92 Å². The van der Waals surface area contributed by atoms with E-state index in [0.717, 1.165) is 30.6 Å². The second-order valence-corrected chi connectivity index (χ2v) is 5.64. The number of hydrogen-bond acceptors (Lipinski definition) is 4. The van der Waals surface area contributed by atoms with E-state index in [1.165, 1.54) is 25.9 Å². The lowest BCUT2D eigenvalue weighted by Gasteiger charge is -2.34. The number of piperidine rings is 1. The monoisotopic (exact) mass is 298 g/mol. The van der Waals surface area contributed by atoms with E-state index < -0.39 is 0 Å². The number of benzene rings is 1. The number of ether oxygens (including phenoxy) is 1. The number of rotatable bonds is 3. The van der Waals surface area contributed by atoms with Crippen LogP contribution in [0.1, 0.15) is 18.4 Å². The summed E-state index contributed by atoms with van der Waals surface area (Å²) < 4.78 is 5.07. The topological polar surface area (TPSA) is 44.7 Å². The molecule has 0 aromatic heterocycles. The Kier molecular flexibility index (Phi) is 5.13. The van der Waals surface area contributed by atoms with E-state index in [-0.39, 0.29) is 18.2 Å². The van der Waals surface area contributed by atoms with Gasteiger partial charge in [0.2, 0.25) is 0 Å². The molecular weight excluding hydrogens is 276 g/mol. The summed E-state index contributed by atoms with van der Waals surface area (Å²) in [6, 6.07) is 6.43. The van der Waals surface area contributed by atoms with Gasteiger partial charge in [0.05, 0.1) is 7.11 Å². The fourth-order valence-electron chi connectivity index (χ4n) is 3.36. The largest absolute Gasteiger partial charge is 0.504 e. The lowest BCUT2D eigenvalue weighted by Crippen LogP contribution is -2.43. The molecule has 1 aromatic rings.